The van der Waals surface area contributed by atoms with Crippen molar-refractivity contribution in [3.05, 3.63) is 60.2 Å². The molecule has 3 rings (SSSR count). The van der Waals surface area contributed by atoms with E-state index in [2.05, 4.69) is 15.5 Å². The van der Waals surface area contributed by atoms with Crippen LogP contribution in [0.15, 0.2) is 59.8 Å². The first kappa shape index (κ1) is 19.9. The smallest absolute Gasteiger partial charge is 0.230 e. The molecule has 0 radical (unpaired) electrons. The summed E-state index contributed by atoms with van der Waals surface area (Å²) in [6, 6.07) is 17.6. The Bertz CT molecular complexity index is 927. The van der Waals surface area contributed by atoms with E-state index in [4.69, 9.17) is 4.74 Å². The zero-order chi connectivity index (χ0) is 19.9. The van der Waals surface area contributed by atoms with Crippen molar-refractivity contribution in [3.8, 4) is 17.1 Å². The van der Waals surface area contributed by atoms with E-state index < -0.39 is 0 Å². The Balaban J connectivity index is 1.68. The average Bonchev–Trinajstić information content (AvgIpc) is 3.15. The van der Waals surface area contributed by atoms with Crippen molar-refractivity contribution >= 4 is 17.7 Å². The van der Waals surface area contributed by atoms with Crippen molar-refractivity contribution in [2.24, 2.45) is 0 Å². The van der Waals surface area contributed by atoms with Crippen LogP contribution in [0, 0.1) is 0 Å². The molecule has 0 saturated carbocycles. The van der Waals surface area contributed by atoms with Crippen molar-refractivity contribution in [3.63, 3.8) is 0 Å². The van der Waals surface area contributed by atoms with E-state index in [1.54, 1.807) is 7.11 Å². The van der Waals surface area contributed by atoms with Crippen molar-refractivity contribution in [2.45, 2.75) is 31.6 Å². The molecule has 0 spiro atoms. The molecular formula is C21H24N4O2S. The van der Waals surface area contributed by atoms with Gasteiger partial charge in [-0.2, -0.15) is 0 Å². The first-order valence-electron chi connectivity index (χ1n) is 9.17. The number of carbonyl (C=O) groups excluding carboxylic acids is 1. The summed E-state index contributed by atoms with van der Waals surface area (Å²) in [6.07, 6.45) is 0. The molecule has 146 valence electrons. The third-order valence-electron chi connectivity index (χ3n) is 4.39. The second-order valence-electron chi connectivity index (χ2n) is 6.24. The van der Waals surface area contributed by atoms with E-state index in [9.17, 15) is 4.79 Å². The summed E-state index contributed by atoms with van der Waals surface area (Å²) in [5.41, 5.74) is 1.96. The fourth-order valence-electron chi connectivity index (χ4n) is 2.95. The molecule has 0 saturated heterocycles. The van der Waals surface area contributed by atoms with Crippen LogP contribution in [-0.2, 0) is 11.3 Å². The molecule has 3 aromatic rings. The van der Waals surface area contributed by atoms with Crippen LogP contribution in [-0.4, -0.2) is 33.5 Å². The van der Waals surface area contributed by atoms with Gasteiger partial charge in [-0.15, -0.1) is 10.2 Å². The van der Waals surface area contributed by atoms with Crippen LogP contribution in [0.2, 0.25) is 0 Å². The molecule has 1 amide bonds. The van der Waals surface area contributed by atoms with Gasteiger partial charge in [0.2, 0.25) is 5.91 Å². The number of para-hydroxylation sites is 1. The van der Waals surface area contributed by atoms with Crippen molar-refractivity contribution < 1.29 is 9.53 Å². The highest BCUT2D eigenvalue weighted by Crippen LogP contribution is 2.30. The number of carbonyl (C=O) groups is 1. The number of thioether (sulfide) groups is 1. The van der Waals surface area contributed by atoms with Gasteiger partial charge in [-0.05, 0) is 31.5 Å². The minimum atomic E-state index is -0.0394. The minimum absolute atomic E-state index is 0.0363. The lowest BCUT2D eigenvalue weighted by Gasteiger charge is -2.14. The number of hydrogen-bond acceptors (Lipinski definition) is 5. The number of amides is 1. The maximum Gasteiger partial charge on any atom is 0.230 e. The maximum absolute atomic E-state index is 12.4. The molecule has 6 nitrogen and oxygen atoms in total. The number of hydrogen-bond donors (Lipinski definition) is 1. The summed E-state index contributed by atoms with van der Waals surface area (Å²) in [5.74, 6) is 1.73. The number of nitrogens with zero attached hydrogens (tertiary/aromatic N) is 3. The van der Waals surface area contributed by atoms with Crippen LogP contribution in [0.1, 0.15) is 25.5 Å². The fraction of sp³-hybridized carbons (Fsp3) is 0.286. The lowest BCUT2D eigenvalue weighted by atomic mass is 10.1. The van der Waals surface area contributed by atoms with Crippen LogP contribution < -0.4 is 10.1 Å². The van der Waals surface area contributed by atoms with E-state index in [0.717, 1.165) is 22.7 Å². The molecule has 7 heteroatoms. The lowest BCUT2D eigenvalue weighted by molar-refractivity contribution is -0.119. The van der Waals surface area contributed by atoms with Crippen LogP contribution >= 0.6 is 11.8 Å². The molecule has 1 N–H and O–H groups in total. The molecular weight excluding hydrogens is 372 g/mol. The predicted octanol–water partition coefficient (Wildman–Crippen LogP) is 3.94. The first-order valence-corrected chi connectivity index (χ1v) is 10.2. The third-order valence-corrected chi connectivity index (χ3v) is 5.36. The number of nitrogens with one attached hydrogen (secondary N) is 1. The van der Waals surface area contributed by atoms with Crippen LogP contribution in [0.25, 0.3) is 11.4 Å². The van der Waals surface area contributed by atoms with Crippen LogP contribution in [0.5, 0.6) is 5.75 Å². The normalized spacial score (nSPS) is 11.8. The van der Waals surface area contributed by atoms with E-state index in [1.807, 2.05) is 73.0 Å². The average molecular weight is 397 g/mol. The van der Waals surface area contributed by atoms with Crippen molar-refractivity contribution in [1.29, 1.82) is 0 Å². The highest BCUT2D eigenvalue weighted by Gasteiger charge is 2.18. The standard InChI is InChI=1S/C21H24N4O2S/c1-4-25-20(17-12-8-9-13-18(17)27-3)23-24-21(25)28-14-19(26)22-15(2)16-10-6-5-7-11-16/h5-13,15H,4,14H2,1-3H3,(H,22,26)/t15-/m0/s1. The van der Waals surface area contributed by atoms with E-state index in [-0.39, 0.29) is 17.7 Å². The molecule has 0 aliphatic rings. The van der Waals surface area contributed by atoms with Gasteiger partial charge in [0, 0.05) is 6.54 Å². The number of rotatable bonds is 8. The molecule has 2 aromatic carbocycles. The van der Waals surface area contributed by atoms with Gasteiger partial charge in [-0.3, -0.25) is 4.79 Å². The number of ether oxygens (including phenoxy) is 1. The van der Waals surface area contributed by atoms with Gasteiger partial charge >= 0.3 is 0 Å². The van der Waals surface area contributed by atoms with Crippen LogP contribution in [0.4, 0.5) is 0 Å². The van der Waals surface area contributed by atoms with E-state index >= 15 is 0 Å². The molecule has 0 bridgehead atoms. The topological polar surface area (TPSA) is 69.0 Å². The summed E-state index contributed by atoms with van der Waals surface area (Å²) in [5, 5.41) is 12.4. The second kappa shape index (κ2) is 9.41. The van der Waals surface area contributed by atoms with Gasteiger partial charge in [-0.1, -0.05) is 54.2 Å². The van der Waals surface area contributed by atoms with Gasteiger partial charge in [0.25, 0.3) is 0 Å². The van der Waals surface area contributed by atoms with E-state index in [0.29, 0.717) is 11.7 Å². The zero-order valence-electron chi connectivity index (χ0n) is 16.3. The van der Waals surface area contributed by atoms with E-state index in [1.165, 1.54) is 11.8 Å². The molecule has 0 fully saturated rings. The quantitative estimate of drug-likeness (QED) is 0.584. The Kier molecular flexibility index (Phi) is 6.71. The highest BCUT2D eigenvalue weighted by atomic mass is 32.2. The third kappa shape index (κ3) is 4.54. The second-order valence-corrected chi connectivity index (χ2v) is 7.18. The van der Waals surface area contributed by atoms with Gasteiger partial charge in [-0.25, -0.2) is 0 Å². The van der Waals surface area contributed by atoms with Gasteiger partial charge in [0.1, 0.15) is 5.75 Å². The zero-order valence-corrected chi connectivity index (χ0v) is 17.1. The largest absolute Gasteiger partial charge is 0.496 e. The molecule has 1 heterocycles. The maximum atomic E-state index is 12.4. The Morgan fingerprint density at radius 1 is 1.14 bits per heavy atom. The van der Waals surface area contributed by atoms with Gasteiger partial charge in [0.05, 0.1) is 24.5 Å². The molecule has 0 unspecified atom stereocenters. The Morgan fingerprint density at radius 2 is 1.86 bits per heavy atom. The molecule has 1 atom stereocenters. The summed E-state index contributed by atoms with van der Waals surface area (Å²) >= 11 is 1.38. The van der Waals surface area contributed by atoms with Gasteiger partial charge < -0.3 is 14.6 Å². The number of methoxy groups -OCH3 is 1. The molecule has 0 aliphatic heterocycles. The first-order chi connectivity index (χ1) is 13.6. The Hall–Kier alpha value is -2.80. The van der Waals surface area contributed by atoms with Crippen molar-refractivity contribution in [2.75, 3.05) is 12.9 Å². The highest BCUT2D eigenvalue weighted by molar-refractivity contribution is 7.99. The predicted molar refractivity (Wildman–Crippen MR) is 111 cm³/mol. The summed E-state index contributed by atoms with van der Waals surface area (Å²) in [6.45, 7) is 4.71. The lowest BCUT2D eigenvalue weighted by Crippen LogP contribution is -2.28. The molecule has 0 aliphatic carbocycles. The SMILES string of the molecule is CCn1c(SCC(=O)N[C@@H](C)c2ccccc2)nnc1-c1ccccc1OC. The molecule has 28 heavy (non-hydrogen) atoms. The summed E-state index contributed by atoms with van der Waals surface area (Å²) in [4.78, 5) is 12.4. The summed E-state index contributed by atoms with van der Waals surface area (Å²) in [7, 11) is 1.64. The van der Waals surface area contributed by atoms with Crippen molar-refractivity contribution in [1.82, 2.24) is 20.1 Å². The summed E-state index contributed by atoms with van der Waals surface area (Å²) < 4.78 is 7.44. The van der Waals surface area contributed by atoms with Crippen LogP contribution in [0.3, 0.4) is 0 Å². The number of aromatic nitrogens is 3. The Labute approximate surface area is 169 Å². The Morgan fingerprint density at radius 3 is 2.57 bits per heavy atom. The number of benzene rings is 2. The minimum Gasteiger partial charge on any atom is -0.496 e. The van der Waals surface area contributed by atoms with Gasteiger partial charge in [0.15, 0.2) is 11.0 Å². The molecule has 1 aromatic heterocycles. The fourth-order valence-corrected chi connectivity index (χ4v) is 3.76. The monoisotopic (exact) mass is 396 g/mol.